The molecule has 2 rings (SSSR count). The molecular formula is C13H13FN4O2. The summed E-state index contributed by atoms with van der Waals surface area (Å²) < 4.78 is 13.0. The van der Waals surface area contributed by atoms with Crippen LogP contribution in [-0.2, 0) is 6.54 Å². The number of nitrogens with zero attached hydrogens (tertiary/aromatic N) is 2. The standard InChI is InChI=1S/C13H13FN4O2/c1-15-12-6-11(18(19)20)7-13(17-12)16-8-9-3-2-4-10(14)5-9/h2-7H,8H2,1H3,(H2,15,16,17). The van der Waals surface area contributed by atoms with Crippen molar-refractivity contribution >= 4 is 17.3 Å². The third-order valence-electron chi connectivity index (χ3n) is 2.64. The highest BCUT2D eigenvalue weighted by atomic mass is 19.1. The Bertz CT molecular complexity index is 634. The van der Waals surface area contributed by atoms with Gasteiger partial charge >= 0.3 is 0 Å². The highest BCUT2D eigenvalue weighted by Gasteiger charge is 2.10. The summed E-state index contributed by atoms with van der Waals surface area (Å²) in [6.45, 7) is 0.328. The maximum absolute atomic E-state index is 13.0. The Balaban J connectivity index is 2.16. The first-order valence-corrected chi connectivity index (χ1v) is 5.91. The van der Waals surface area contributed by atoms with Crippen LogP contribution in [0.5, 0.6) is 0 Å². The zero-order valence-corrected chi connectivity index (χ0v) is 10.8. The minimum absolute atomic E-state index is 0.0638. The van der Waals surface area contributed by atoms with Gasteiger partial charge in [-0.15, -0.1) is 0 Å². The van der Waals surface area contributed by atoms with Gasteiger partial charge in [0.1, 0.15) is 17.5 Å². The predicted octanol–water partition coefficient (Wildman–Crippen LogP) is 2.78. The topological polar surface area (TPSA) is 80.1 Å². The first-order chi connectivity index (χ1) is 9.58. The summed E-state index contributed by atoms with van der Waals surface area (Å²) in [6.07, 6.45) is 0. The van der Waals surface area contributed by atoms with Crippen LogP contribution in [0.15, 0.2) is 36.4 Å². The zero-order valence-electron chi connectivity index (χ0n) is 10.8. The average molecular weight is 276 g/mol. The van der Waals surface area contributed by atoms with Crippen molar-refractivity contribution in [3.8, 4) is 0 Å². The fourth-order valence-electron chi connectivity index (χ4n) is 1.68. The van der Waals surface area contributed by atoms with Gasteiger partial charge < -0.3 is 10.6 Å². The second kappa shape index (κ2) is 5.96. The van der Waals surface area contributed by atoms with Crippen molar-refractivity contribution in [1.82, 2.24) is 4.98 Å². The number of halogens is 1. The van der Waals surface area contributed by atoms with E-state index in [0.29, 0.717) is 18.2 Å². The van der Waals surface area contributed by atoms with Crippen LogP contribution in [0.3, 0.4) is 0 Å². The maximum Gasteiger partial charge on any atom is 0.276 e. The Hall–Kier alpha value is -2.70. The van der Waals surface area contributed by atoms with E-state index in [1.165, 1.54) is 24.3 Å². The molecule has 0 spiro atoms. The van der Waals surface area contributed by atoms with Gasteiger partial charge in [-0.05, 0) is 17.7 Å². The smallest absolute Gasteiger partial charge is 0.276 e. The summed E-state index contributed by atoms with van der Waals surface area (Å²) in [5.74, 6) is 0.418. The second-order valence-corrected chi connectivity index (χ2v) is 4.09. The van der Waals surface area contributed by atoms with Crippen molar-refractivity contribution in [3.63, 3.8) is 0 Å². The number of anilines is 2. The molecule has 1 aromatic carbocycles. The van der Waals surface area contributed by atoms with E-state index < -0.39 is 4.92 Å². The van der Waals surface area contributed by atoms with E-state index in [9.17, 15) is 14.5 Å². The number of pyridine rings is 1. The van der Waals surface area contributed by atoms with Crippen molar-refractivity contribution in [2.45, 2.75) is 6.54 Å². The first-order valence-electron chi connectivity index (χ1n) is 5.91. The summed E-state index contributed by atoms with van der Waals surface area (Å²) in [6, 6.07) is 8.78. The molecule has 0 radical (unpaired) electrons. The molecule has 1 heterocycles. The quantitative estimate of drug-likeness (QED) is 0.648. The van der Waals surface area contributed by atoms with E-state index in [4.69, 9.17) is 0 Å². The van der Waals surface area contributed by atoms with E-state index in [1.54, 1.807) is 19.2 Å². The molecule has 2 N–H and O–H groups in total. The minimum atomic E-state index is -0.490. The summed E-state index contributed by atoms with van der Waals surface area (Å²) in [4.78, 5) is 14.5. The number of hydrogen-bond donors (Lipinski definition) is 2. The lowest BCUT2D eigenvalue weighted by molar-refractivity contribution is -0.384. The van der Waals surface area contributed by atoms with E-state index in [-0.39, 0.29) is 11.5 Å². The highest BCUT2D eigenvalue weighted by Crippen LogP contribution is 2.20. The van der Waals surface area contributed by atoms with Gasteiger partial charge in [0.15, 0.2) is 0 Å². The summed E-state index contributed by atoms with van der Waals surface area (Å²) in [7, 11) is 1.63. The molecule has 6 nitrogen and oxygen atoms in total. The van der Waals surface area contributed by atoms with Gasteiger partial charge in [0.2, 0.25) is 0 Å². The number of rotatable bonds is 5. The first kappa shape index (κ1) is 13.7. The lowest BCUT2D eigenvalue weighted by Gasteiger charge is -2.08. The summed E-state index contributed by atoms with van der Waals surface area (Å²) in [5, 5.41) is 16.5. The van der Waals surface area contributed by atoms with Crippen LogP contribution in [-0.4, -0.2) is 17.0 Å². The van der Waals surface area contributed by atoms with Crippen molar-refractivity contribution in [3.05, 3.63) is 57.9 Å². The Labute approximate surface area is 114 Å². The van der Waals surface area contributed by atoms with Gasteiger partial charge in [-0.25, -0.2) is 9.37 Å². The van der Waals surface area contributed by atoms with E-state index in [2.05, 4.69) is 15.6 Å². The normalized spacial score (nSPS) is 10.1. The molecule has 0 aliphatic heterocycles. The Morgan fingerprint density at radius 3 is 2.70 bits per heavy atom. The third kappa shape index (κ3) is 3.41. The van der Waals surface area contributed by atoms with Gasteiger partial charge in [-0.3, -0.25) is 10.1 Å². The van der Waals surface area contributed by atoms with Crippen molar-refractivity contribution < 1.29 is 9.31 Å². The molecule has 0 saturated carbocycles. The molecular weight excluding hydrogens is 263 g/mol. The van der Waals surface area contributed by atoms with Crippen molar-refractivity contribution in [2.75, 3.05) is 17.7 Å². The molecule has 0 unspecified atom stereocenters. The van der Waals surface area contributed by atoms with Crippen LogP contribution < -0.4 is 10.6 Å². The lowest BCUT2D eigenvalue weighted by atomic mass is 10.2. The van der Waals surface area contributed by atoms with Crippen LogP contribution in [0.2, 0.25) is 0 Å². The van der Waals surface area contributed by atoms with Gasteiger partial charge in [-0.2, -0.15) is 0 Å². The van der Waals surface area contributed by atoms with Gasteiger partial charge in [0.05, 0.1) is 17.1 Å². The van der Waals surface area contributed by atoms with E-state index >= 15 is 0 Å². The fraction of sp³-hybridized carbons (Fsp3) is 0.154. The van der Waals surface area contributed by atoms with Crippen LogP contribution >= 0.6 is 0 Å². The molecule has 0 saturated heterocycles. The zero-order chi connectivity index (χ0) is 14.5. The molecule has 20 heavy (non-hydrogen) atoms. The Morgan fingerprint density at radius 1 is 1.30 bits per heavy atom. The van der Waals surface area contributed by atoms with Gasteiger partial charge in [0, 0.05) is 13.6 Å². The molecule has 0 aliphatic carbocycles. The molecule has 0 bridgehead atoms. The van der Waals surface area contributed by atoms with E-state index in [1.807, 2.05) is 0 Å². The molecule has 0 aliphatic rings. The Morgan fingerprint density at radius 2 is 2.05 bits per heavy atom. The van der Waals surface area contributed by atoms with Crippen LogP contribution in [0.25, 0.3) is 0 Å². The van der Waals surface area contributed by atoms with Crippen molar-refractivity contribution in [1.29, 1.82) is 0 Å². The number of nitro groups is 1. The predicted molar refractivity (Wildman–Crippen MR) is 74.2 cm³/mol. The van der Waals surface area contributed by atoms with Crippen LogP contribution in [0, 0.1) is 15.9 Å². The molecule has 0 fully saturated rings. The summed E-state index contributed by atoms with van der Waals surface area (Å²) in [5.41, 5.74) is 0.662. The molecule has 0 amide bonds. The SMILES string of the molecule is CNc1cc([N+](=O)[O-])cc(NCc2cccc(F)c2)n1. The van der Waals surface area contributed by atoms with Gasteiger partial charge in [-0.1, -0.05) is 12.1 Å². The minimum Gasteiger partial charge on any atom is -0.373 e. The fourth-order valence-corrected chi connectivity index (χ4v) is 1.68. The average Bonchev–Trinajstić information content (AvgIpc) is 2.45. The lowest BCUT2D eigenvalue weighted by Crippen LogP contribution is -2.04. The molecule has 2 aromatic rings. The molecule has 104 valence electrons. The number of nitrogens with one attached hydrogen (secondary N) is 2. The van der Waals surface area contributed by atoms with Crippen LogP contribution in [0.1, 0.15) is 5.56 Å². The second-order valence-electron chi connectivity index (χ2n) is 4.09. The van der Waals surface area contributed by atoms with Crippen LogP contribution in [0.4, 0.5) is 21.7 Å². The largest absolute Gasteiger partial charge is 0.373 e. The number of aromatic nitrogens is 1. The van der Waals surface area contributed by atoms with Gasteiger partial charge in [0.25, 0.3) is 5.69 Å². The Kier molecular flexibility index (Phi) is 4.09. The maximum atomic E-state index is 13.0. The summed E-state index contributed by atoms with van der Waals surface area (Å²) >= 11 is 0. The van der Waals surface area contributed by atoms with E-state index in [0.717, 1.165) is 5.56 Å². The number of hydrogen-bond acceptors (Lipinski definition) is 5. The third-order valence-corrected chi connectivity index (χ3v) is 2.64. The highest BCUT2D eigenvalue weighted by molar-refractivity contribution is 5.54. The molecule has 1 aromatic heterocycles. The number of benzene rings is 1. The molecule has 7 heteroatoms. The van der Waals surface area contributed by atoms with Crippen molar-refractivity contribution in [2.24, 2.45) is 0 Å². The monoisotopic (exact) mass is 276 g/mol. The molecule has 0 atom stereocenters.